The van der Waals surface area contributed by atoms with Crippen LogP contribution in [0.25, 0.3) is 0 Å². The van der Waals surface area contributed by atoms with Crippen LogP contribution < -0.4 is 10.6 Å². The Morgan fingerprint density at radius 1 is 1.59 bits per heavy atom. The molecule has 2 rings (SSSR count). The summed E-state index contributed by atoms with van der Waals surface area (Å²) < 4.78 is 0.733. The van der Waals surface area contributed by atoms with Crippen LogP contribution in [0.15, 0.2) is 22.7 Å². The van der Waals surface area contributed by atoms with Crippen LogP contribution in [-0.2, 0) is 4.79 Å². The summed E-state index contributed by atoms with van der Waals surface area (Å²) in [7, 11) is 0. The zero-order valence-electron chi connectivity index (χ0n) is 8.91. The molecule has 0 radical (unpaired) electrons. The minimum Gasteiger partial charge on any atom is -0.392 e. The molecule has 0 saturated carbocycles. The highest BCUT2D eigenvalue weighted by Crippen LogP contribution is 2.25. The summed E-state index contributed by atoms with van der Waals surface area (Å²) in [6, 6.07) is 4.85. The Balaban J connectivity index is 2.00. The Hall–Kier alpha value is -0.620. The smallest absolute Gasteiger partial charge is 0.241 e. The number of carbonyl (C=O) groups excluding carboxylic acids is 1. The average molecular weight is 320 g/mol. The maximum atomic E-state index is 11.8. The molecule has 1 aromatic rings. The maximum Gasteiger partial charge on any atom is 0.241 e. The summed E-state index contributed by atoms with van der Waals surface area (Å²) in [6.07, 6.45) is 0.00309. The molecule has 1 aromatic carbocycles. The molecule has 1 saturated heterocycles. The first-order chi connectivity index (χ1) is 8.06. The van der Waals surface area contributed by atoms with Crippen molar-refractivity contribution >= 4 is 39.1 Å². The van der Waals surface area contributed by atoms with Crippen molar-refractivity contribution in [3.8, 4) is 0 Å². The average Bonchev–Trinajstić information content (AvgIpc) is 2.70. The molecule has 1 fully saturated rings. The number of nitrogens with one attached hydrogen (secondary N) is 2. The van der Waals surface area contributed by atoms with Gasteiger partial charge in [-0.05, 0) is 40.5 Å². The number of rotatable bonds is 2. The number of aliphatic hydroxyl groups excluding tert-OH is 1. The zero-order chi connectivity index (χ0) is 12.4. The van der Waals surface area contributed by atoms with Gasteiger partial charge in [-0.1, -0.05) is 11.6 Å². The number of benzene rings is 1. The molecule has 0 aromatic heterocycles. The van der Waals surface area contributed by atoms with E-state index in [2.05, 4.69) is 26.6 Å². The van der Waals surface area contributed by atoms with Gasteiger partial charge < -0.3 is 15.7 Å². The van der Waals surface area contributed by atoms with Gasteiger partial charge in [0.15, 0.2) is 0 Å². The van der Waals surface area contributed by atoms with Crippen LogP contribution in [0.2, 0.25) is 5.02 Å². The van der Waals surface area contributed by atoms with Crippen molar-refractivity contribution < 1.29 is 9.90 Å². The van der Waals surface area contributed by atoms with Crippen molar-refractivity contribution in [2.45, 2.75) is 18.6 Å². The SMILES string of the molecule is O=C(Nc1ccc(Cl)c(Br)c1)C1CC(O)CN1. The highest BCUT2D eigenvalue weighted by Gasteiger charge is 2.27. The van der Waals surface area contributed by atoms with E-state index in [4.69, 9.17) is 11.6 Å². The van der Waals surface area contributed by atoms with E-state index in [1.54, 1.807) is 18.2 Å². The number of anilines is 1. The number of aliphatic hydroxyl groups is 1. The quantitative estimate of drug-likeness (QED) is 0.778. The number of β-amino-alcohol motifs (C(OH)–C–C–N with tert-alkyl or cyclic N) is 1. The van der Waals surface area contributed by atoms with Crippen molar-refractivity contribution in [2.24, 2.45) is 0 Å². The van der Waals surface area contributed by atoms with E-state index in [1.807, 2.05) is 0 Å². The Kier molecular flexibility index (Phi) is 4.04. The molecule has 0 aliphatic carbocycles. The molecule has 17 heavy (non-hydrogen) atoms. The number of hydrogen-bond acceptors (Lipinski definition) is 3. The first-order valence-electron chi connectivity index (χ1n) is 5.23. The van der Waals surface area contributed by atoms with Crippen molar-refractivity contribution in [3.05, 3.63) is 27.7 Å². The molecular weight excluding hydrogens is 307 g/mol. The second-order valence-electron chi connectivity index (χ2n) is 3.97. The number of amides is 1. The first-order valence-corrected chi connectivity index (χ1v) is 6.40. The fourth-order valence-electron chi connectivity index (χ4n) is 1.72. The maximum absolute atomic E-state index is 11.8. The topological polar surface area (TPSA) is 61.4 Å². The molecule has 2 atom stereocenters. The fraction of sp³-hybridized carbons (Fsp3) is 0.364. The molecule has 1 amide bonds. The van der Waals surface area contributed by atoms with E-state index < -0.39 is 6.10 Å². The van der Waals surface area contributed by atoms with Gasteiger partial charge in [-0.15, -0.1) is 0 Å². The lowest BCUT2D eigenvalue weighted by Gasteiger charge is -2.11. The van der Waals surface area contributed by atoms with Gasteiger partial charge in [-0.2, -0.15) is 0 Å². The second-order valence-corrected chi connectivity index (χ2v) is 5.23. The minimum absolute atomic E-state index is 0.143. The van der Waals surface area contributed by atoms with Crippen LogP contribution in [-0.4, -0.2) is 29.7 Å². The monoisotopic (exact) mass is 318 g/mol. The van der Waals surface area contributed by atoms with Crippen LogP contribution in [0.5, 0.6) is 0 Å². The van der Waals surface area contributed by atoms with Gasteiger partial charge in [0.2, 0.25) is 5.91 Å². The van der Waals surface area contributed by atoms with Crippen LogP contribution in [0.1, 0.15) is 6.42 Å². The van der Waals surface area contributed by atoms with E-state index in [1.165, 1.54) is 0 Å². The molecule has 1 aliphatic heterocycles. The summed E-state index contributed by atoms with van der Waals surface area (Å²) in [5, 5.41) is 15.6. The molecule has 0 spiro atoms. The van der Waals surface area contributed by atoms with Crippen LogP contribution in [0.3, 0.4) is 0 Å². The standard InChI is InChI=1S/C11H12BrClN2O2/c12-8-3-6(1-2-9(8)13)15-11(17)10-4-7(16)5-14-10/h1-3,7,10,14,16H,4-5H2,(H,15,17). The molecular formula is C11H12BrClN2O2. The molecule has 0 bridgehead atoms. The molecule has 1 heterocycles. The predicted molar refractivity (Wildman–Crippen MR) is 70.2 cm³/mol. The number of halogens is 2. The summed E-state index contributed by atoms with van der Waals surface area (Å²) in [4.78, 5) is 11.8. The van der Waals surface area contributed by atoms with Crippen molar-refractivity contribution in [2.75, 3.05) is 11.9 Å². The largest absolute Gasteiger partial charge is 0.392 e. The van der Waals surface area contributed by atoms with E-state index in [0.717, 1.165) is 4.47 Å². The highest BCUT2D eigenvalue weighted by molar-refractivity contribution is 9.10. The Bertz CT molecular complexity index is 441. The number of carbonyl (C=O) groups is 1. The first kappa shape index (κ1) is 12.8. The van der Waals surface area contributed by atoms with Gasteiger partial charge in [-0.25, -0.2) is 0 Å². The molecule has 3 N–H and O–H groups in total. The van der Waals surface area contributed by atoms with E-state index in [-0.39, 0.29) is 11.9 Å². The zero-order valence-corrected chi connectivity index (χ0v) is 11.3. The lowest BCUT2D eigenvalue weighted by molar-refractivity contribution is -0.117. The molecule has 2 unspecified atom stereocenters. The van der Waals surface area contributed by atoms with Crippen LogP contribution >= 0.6 is 27.5 Å². The van der Waals surface area contributed by atoms with Gasteiger partial charge in [-0.3, -0.25) is 4.79 Å². The molecule has 6 heteroatoms. The van der Waals surface area contributed by atoms with Gasteiger partial charge >= 0.3 is 0 Å². The third kappa shape index (κ3) is 3.19. The number of hydrogen-bond donors (Lipinski definition) is 3. The third-order valence-corrected chi connectivity index (χ3v) is 3.83. The summed E-state index contributed by atoms with van der Waals surface area (Å²) >= 11 is 9.15. The van der Waals surface area contributed by atoms with Crippen molar-refractivity contribution in [3.63, 3.8) is 0 Å². The lowest BCUT2D eigenvalue weighted by Crippen LogP contribution is -2.35. The van der Waals surface area contributed by atoms with Gasteiger partial charge in [0.05, 0.1) is 17.2 Å². The molecule has 4 nitrogen and oxygen atoms in total. The minimum atomic E-state index is -0.442. The van der Waals surface area contributed by atoms with E-state index in [9.17, 15) is 9.90 Å². The second kappa shape index (κ2) is 5.35. The van der Waals surface area contributed by atoms with Crippen LogP contribution in [0.4, 0.5) is 5.69 Å². The Morgan fingerprint density at radius 3 is 2.94 bits per heavy atom. The molecule has 1 aliphatic rings. The third-order valence-electron chi connectivity index (χ3n) is 2.61. The summed E-state index contributed by atoms with van der Waals surface area (Å²) in [6.45, 7) is 0.461. The van der Waals surface area contributed by atoms with Gasteiger partial charge in [0, 0.05) is 16.7 Å². The van der Waals surface area contributed by atoms with Crippen LogP contribution in [0, 0.1) is 0 Å². The normalized spacial score (nSPS) is 23.7. The highest BCUT2D eigenvalue weighted by atomic mass is 79.9. The van der Waals surface area contributed by atoms with E-state index >= 15 is 0 Å². The Labute approximate surface area is 112 Å². The van der Waals surface area contributed by atoms with E-state index in [0.29, 0.717) is 23.7 Å². The lowest BCUT2D eigenvalue weighted by atomic mass is 10.2. The summed E-state index contributed by atoms with van der Waals surface area (Å²) in [5.41, 5.74) is 0.675. The van der Waals surface area contributed by atoms with Crippen molar-refractivity contribution in [1.29, 1.82) is 0 Å². The fourth-order valence-corrected chi connectivity index (χ4v) is 2.22. The van der Waals surface area contributed by atoms with Crippen molar-refractivity contribution in [1.82, 2.24) is 5.32 Å². The van der Waals surface area contributed by atoms with Gasteiger partial charge in [0.25, 0.3) is 0 Å². The molecule has 92 valence electrons. The van der Waals surface area contributed by atoms with Gasteiger partial charge in [0.1, 0.15) is 0 Å². The summed E-state index contributed by atoms with van der Waals surface area (Å²) in [5.74, 6) is -0.143. The Morgan fingerprint density at radius 2 is 2.35 bits per heavy atom. The predicted octanol–water partition coefficient (Wildman–Crippen LogP) is 1.76.